The molecule has 114 valence electrons. The minimum atomic E-state index is -0.657. The maximum absolute atomic E-state index is 13.8. The van der Waals surface area contributed by atoms with E-state index in [1.807, 2.05) is 6.07 Å². The van der Waals surface area contributed by atoms with Gasteiger partial charge in [-0.3, -0.25) is 0 Å². The minimum absolute atomic E-state index is 0.250. The molecule has 0 saturated heterocycles. The fourth-order valence-corrected chi connectivity index (χ4v) is 2.55. The first-order valence-electron chi connectivity index (χ1n) is 8.10. The molecule has 0 amide bonds. The van der Waals surface area contributed by atoms with E-state index in [1.54, 1.807) is 19.1 Å². The van der Waals surface area contributed by atoms with Gasteiger partial charge in [0.15, 0.2) is 0 Å². The molecule has 1 rings (SSSR count). The fourth-order valence-electron chi connectivity index (χ4n) is 2.55. The molecular weight excluding hydrogens is 251 g/mol. The summed E-state index contributed by atoms with van der Waals surface area (Å²) < 4.78 is 13.8. The van der Waals surface area contributed by atoms with Gasteiger partial charge in [0.25, 0.3) is 0 Å². The van der Waals surface area contributed by atoms with Gasteiger partial charge >= 0.3 is 0 Å². The van der Waals surface area contributed by atoms with Crippen molar-refractivity contribution in [3.8, 4) is 0 Å². The van der Waals surface area contributed by atoms with Crippen LogP contribution in [0, 0.1) is 12.7 Å². The number of hydrogen-bond donors (Lipinski definition) is 1. The average molecular weight is 280 g/mol. The molecule has 20 heavy (non-hydrogen) atoms. The molecule has 0 heterocycles. The largest absolute Gasteiger partial charge is 0.388 e. The van der Waals surface area contributed by atoms with Crippen LogP contribution in [0.1, 0.15) is 81.9 Å². The molecule has 1 aromatic rings. The molecule has 0 aliphatic rings. The smallest absolute Gasteiger partial charge is 0.131 e. The molecule has 0 aromatic heterocycles. The first kappa shape index (κ1) is 17.2. The SMILES string of the molecule is CCCCCCCCCCC(O)c1cccc(C)c1F. The van der Waals surface area contributed by atoms with Crippen LogP contribution in [0.4, 0.5) is 4.39 Å². The first-order valence-corrected chi connectivity index (χ1v) is 8.10. The lowest BCUT2D eigenvalue weighted by atomic mass is 10.00. The molecule has 0 fully saturated rings. The molecular formula is C18H29FO. The molecule has 0 bridgehead atoms. The predicted octanol–water partition coefficient (Wildman–Crippen LogP) is 5.70. The van der Waals surface area contributed by atoms with Crippen molar-refractivity contribution in [1.82, 2.24) is 0 Å². The maximum Gasteiger partial charge on any atom is 0.131 e. The van der Waals surface area contributed by atoms with E-state index >= 15 is 0 Å². The Balaban J connectivity index is 2.17. The number of aryl methyl sites for hydroxylation is 1. The van der Waals surface area contributed by atoms with Crippen LogP contribution < -0.4 is 0 Å². The number of unbranched alkanes of at least 4 members (excludes halogenated alkanes) is 7. The Labute approximate surface area is 123 Å². The third kappa shape index (κ3) is 6.04. The number of aliphatic hydroxyl groups is 1. The number of rotatable bonds is 10. The lowest BCUT2D eigenvalue weighted by molar-refractivity contribution is 0.158. The Morgan fingerprint density at radius 3 is 2.25 bits per heavy atom. The second-order valence-electron chi connectivity index (χ2n) is 5.76. The molecule has 1 aromatic carbocycles. The summed E-state index contributed by atoms with van der Waals surface area (Å²) in [5, 5.41) is 10.1. The molecule has 1 N–H and O–H groups in total. The van der Waals surface area contributed by atoms with Gasteiger partial charge < -0.3 is 5.11 Å². The monoisotopic (exact) mass is 280 g/mol. The zero-order valence-corrected chi connectivity index (χ0v) is 13.0. The van der Waals surface area contributed by atoms with Crippen molar-refractivity contribution in [1.29, 1.82) is 0 Å². The van der Waals surface area contributed by atoms with Gasteiger partial charge in [0, 0.05) is 5.56 Å². The Bertz CT molecular complexity index is 376. The fraction of sp³-hybridized carbons (Fsp3) is 0.667. The van der Waals surface area contributed by atoms with Crippen LogP contribution in [0.2, 0.25) is 0 Å². The van der Waals surface area contributed by atoms with E-state index in [2.05, 4.69) is 6.92 Å². The Morgan fingerprint density at radius 2 is 1.60 bits per heavy atom. The summed E-state index contributed by atoms with van der Waals surface area (Å²) in [5.74, 6) is -0.250. The van der Waals surface area contributed by atoms with E-state index in [1.165, 1.54) is 38.5 Å². The van der Waals surface area contributed by atoms with Gasteiger partial charge in [-0.25, -0.2) is 4.39 Å². The highest BCUT2D eigenvalue weighted by Gasteiger charge is 2.13. The normalized spacial score (nSPS) is 12.6. The highest BCUT2D eigenvalue weighted by atomic mass is 19.1. The number of aliphatic hydroxyl groups excluding tert-OH is 1. The molecule has 1 nitrogen and oxygen atoms in total. The van der Waals surface area contributed by atoms with Crippen molar-refractivity contribution in [2.75, 3.05) is 0 Å². The van der Waals surface area contributed by atoms with Crippen molar-refractivity contribution >= 4 is 0 Å². The Morgan fingerprint density at radius 1 is 1.00 bits per heavy atom. The van der Waals surface area contributed by atoms with Crippen LogP contribution in [-0.4, -0.2) is 5.11 Å². The summed E-state index contributed by atoms with van der Waals surface area (Å²) in [5.41, 5.74) is 1.06. The number of hydrogen-bond acceptors (Lipinski definition) is 1. The molecule has 0 aliphatic heterocycles. The van der Waals surface area contributed by atoms with Crippen LogP contribution in [0.25, 0.3) is 0 Å². The van der Waals surface area contributed by atoms with Crippen molar-refractivity contribution < 1.29 is 9.50 Å². The quantitative estimate of drug-likeness (QED) is 0.545. The van der Waals surface area contributed by atoms with Crippen molar-refractivity contribution in [3.63, 3.8) is 0 Å². The zero-order chi connectivity index (χ0) is 14.8. The summed E-state index contributed by atoms with van der Waals surface area (Å²) in [7, 11) is 0. The van der Waals surface area contributed by atoms with E-state index in [9.17, 15) is 9.50 Å². The van der Waals surface area contributed by atoms with E-state index in [-0.39, 0.29) is 5.82 Å². The van der Waals surface area contributed by atoms with Crippen LogP contribution in [0.15, 0.2) is 18.2 Å². The zero-order valence-electron chi connectivity index (χ0n) is 13.0. The Kier molecular flexibility index (Phi) is 8.52. The highest BCUT2D eigenvalue weighted by molar-refractivity contribution is 5.26. The first-order chi connectivity index (χ1) is 9.66. The number of benzene rings is 1. The molecule has 0 radical (unpaired) electrons. The predicted molar refractivity (Wildman–Crippen MR) is 83.3 cm³/mol. The standard InChI is InChI=1S/C18H29FO/c1-3-4-5-6-7-8-9-10-14-17(20)16-13-11-12-15(2)18(16)19/h11-13,17,20H,3-10,14H2,1-2H3. The van der Waals surface area contributed by atoms with Gasteiger partial charge in [0.05, 0.1) is 6.10 Å². The molecule has 0 saturated carbocycles. The summed E-state index contributed by atoms with van der Waals surface area (Å²) in [6.45, 7) is 3.97. The summed E-state index contributed by atoms with van der Waals surface area (Å²) in [6, 6.07) is 5.24. The van der Waals surface area contributed by atoms with Gasteiger partial charge in [0.2, 0.25) is 0 Å². The van der Waals surface area contributed by atoms with E-state index in [0.717, 1.165) is 12.8 Å². The van der Waals surface area contributed by atoms with Crippen LogP contribution in [0.5, 0.6) is 0 Å². The van der Waals surface area contributed by atoms with Crippen LogP contribution in [0.3, 0.4) is 0 Å². The minimum Gasteiger partial charge on any atom is -0.388 e. The third-order valence-corrected chi connectivity index (χ3v) is 3.91. The lowest BCUT2D eigenvalue weighted by Gasteiger charge is -2.13. The molecule has 1 unspecified atom stereocenters. The van der Waals surface area contributed by atoms with Gasteiger partial charge in [-0.15, -0.1) is 0 Å². The lowest BCUT2D eigenvalue weighted by Crippen LogP contribution is -2.02. The van der Waals surface area contributed by atoms with Gasteiger partial charge in [-0.05, 0) is 18.9 Å². The van der Waals surface area contributed by atoms with Crippen LogP contribution in [-0.2, 0) is 0 Å². The number of halogens is 1. The van der Waals surface area contributed by atoms with Crippen molar-refractivity contribution in [2.45, 2.75) is 77.7 Å². The van der Waals surface area contributed by atoms with Crippen molar-refractivity contribution in [3.05, 3.63) is 35.1 Å². The second kappa shape index (κ2) is 9.93. The Hall–Kier alpha value is -0.890. The third-order valence-electron chi connectivity index (χ3n) is 3.91. The van der Waals surface area contributed by atoms with Crippen molar-refractivity contribution in [2.24, 2.45) is 0 Å². The van der Waals surface area contributed by atoms with E-state index in [4.69, 9.17) is 0 Å². The summed E-state index contributed by atoms with van der Waals surface area (Å²) in [6.07, 6.45) is 9.92. The van der Waals surface area contributed by atoms with Gasteiger partial charge in [-0.1, -0.05) is 76.5 Å². The summed E-state index contributed by atoms with van der Waals surface area (Å²) >= 11 is 0. The van der Waals surface area contributed by atoms with E-state index < -0.39 is 6.10 Å². The maximum atomic E-state index is 13.8. The van der Waals surface area contributed by atoms with Gasteiger partial charge in [0.1, 0.15) is 5.82 Å². The highest BCUT2D eigenvalue weighted by Crippen LogP contribution is 2.24. The van der Waals surface area contributed by atoms with E-state index in [0.29, 0.717) is 17.5 Å². The average Bonchev–Trinajstić information content (AvgIpc) is 2.44. The van der Waals surface area contributed by atoms with Crippen LogP contribution >= 0.6 is 0 Å². The molecule has 1 atom stereocenters. The van der Waals surface area contributed by atoms with Gasteiger partial charge in [-0.2, -0.15) is 0 Å². The molecule has 0 aliphatic carbocycles. The molecule has 0 spiro atoms. The topological polar surface area (TPSA) is 20.2 Å². The molecule has 2 heteroatoms. The summed E-state index contributed by atoms with van der Waals surface area (Å²) in [4.78, 5) is 0. The second-order valence-corrected chi connectivity index (χ2v) is 5.76.